The second-order valence-electron chi connectivity index (χ2n) is 4.77. The maximum Gasteiger partial charge on any atom is 0.253 e. The molecule has 0 bridgehead atoms. The molecule has 2 rings (SSSR count). The fourth-order valence-electron chi connectivity index (χ4n) is 1.83. The Morgan fingerprint density at radius 1 is 1.35 bits per heavy atom. The number of amides is 1. The van der Waals surface area contributed by atoms with Crippen LogP contribution in [-0.4, -0.2) is 24.9 Å². The average Bonchev–Trinajstić information content (AvgIpc) is 2.82. The molecule has 20 heavy (non-hydrogen) atoms. The molecule has 0 saturated heterocycles. The SMILES string of the molecule is Cc1ccc(C(=O)N(C)C)cc1NCc1occc1Br. The molecule has 0 aliphatic heterocycles. The molecule has 1 heterocycles. The van der Waals surface area contributed by atoms with E-state index in [-0.39, 0.29) is 5.91 Å². The zero-order valence-electron chi connectivity index (χ0n) is 11.7. The van der Waals surface area contributed by atoms with E-state index in [9.17, 15) is 4.79 Å². The van der Waals surface area contributed by atoms with Crippen LogP contribution in [0, 0.1) is 6.92 Å². The number of nitrogens with one attached hydrogen (secondary N) is 1. The number of carbonyl (C=O) groups is 1. The molecule has 0 radical (unpaired) electrons. The summed E-state index contributed by atoms with van der Waals surface area (Å²) in [6, 6.07) is 7.51. The first-order valence-electron chi connectivity index (χ1n) is 6.27. The largest absolute Gasteiger partial charge is 0.466 e. The second-order valence-corrected chi connectivity index (χ2v) is 5.63. The van der Waals surface area contributed by atoms with Crippen molar-refractivity contribution in [3.05, 3.63) is 51.9 Å². The van der Waals surface area contributed by atoms with Crippen molar-refractivity contribution in [1.29, 1.82) is 0 Å². The summed E-state index contributed by atoms with van der Waals surface area (Å²) in [5, 5.41) is 3.30. The molecule has 0 aliphatic rings. The number of rotatable bonds is 4. The van der Waals surface area contributed by atoms with Gasteiger partial charge in [-0.3, -0.25) is 4.79 Å². The first-order valence-corrected chi connectivity index (χ1v) is 7.06. The lowest BCUT2D eigenvalue weighted by Crippen LogP contribution is -2.21. The van der Waals surface area contributed by atoms with Gasteiger partial charge in [-0.1, -0.05) is 6.07 Å². The number of aryl methyl sites for hydroxylation is 1. The maximum atomic E-state index is 12.0. The maximum absolute atomic E-state index is 12.0. The van der Waals surface area contributed by atoms with Gasteiger partial charge in [-0.05, 0) is 46.6 Å². The summed E-state index contributed by atoms with van der Waals surface area (Å²) in [4.78, 5) is 13.5. The third-order valence-electron chi connectivity index (χ3n) is 3.02. The normalized spacial score (nSPS) is 10.4. The fourth-order valence-corrected chi connectivity index (χ4v) is 2.17. The van der Waals surface area contributed by atoms with Crippen molar-refractivity contribution in [2.75, 3.05) is 19.4 Å². The Labute approximate surface area is 126 Å². The van der Waals surface area contributed by atoms with E-state index in [0.717, 1.165) is 21.5 Å². The van der Waals surface area contributed by atoms with Gasteiger partial charge in [0.2, 0.25) is 0 Å². The van der Waals surface area contributed by atoms with Gasteiger partial charge in [-0.2, -0.15) is 0 Å². The van der Waals surface area contributed by atoms with Crippen LogP contribution in [0.25, 0.3) is 0 Å². The summed E-state index contributed by atoms with van der Waals surface area (Å²) in [5.74, 6) is 0.820. The molecule has 0 atom stereocenters. The fraction of sp³-hybridized carbons (Fsp3) is 0.267. The van der Waals surface area contributed by atoms with Crippen LogP contribution in [0.3, 0.4) is 0 Å². The number of benzene rings is 1. The number of furan rings is 1. The molecule has 0 fully saturated rings. The molecule has 4 nitrogen and oxygen atoms in total. The quantitative estimate of drug-likeness (QED) is 0.926. The van der Waals surface area contributed by atoms with E-state index in [1.54, 1.807) is 25.3 Å². The van der Waals surface area contributed by atoms with Gasteiger partial charge in [-0.15, -0.1) is 0 Å². The lowest BCUT2D eigenvalue weighted by molar-refractivity contribution is 0.0827. The topological polar surface area (TPSA) is 45.5 Å². The van der Waals surface area contributed by atoms with Gasteiger partial charge in [-0.25, -0.2) is 0 Å². The highest BCUT2D eigenvalue weighted by Crippen LogP contribution is 2.22. The molecule has 1 aromatic carbocycles. The number of carbonyl (C=O) groups excluding carboxylic acids is 1. The molecule has 0 spiro atoms. The van der Waals surface area contributed by atoms with Gasteiger partial charge in [0.25, 0.3) is 5.91 Å². The Morgan fingerprint density at radius 3 is 2.70 bits per heavy atom. The van der Waals surface area contributed by atoms with Crippen LogP contribution in [0.2, 0.25) is 0 Å². The molecule has 0 unspecified atom stereocenters. The highest BCUT2D eigenvalue weighted by Gasteiger charge is 2.10. The minimum atomic E-state index is -0.00720. The van der Waals surface area contributed by atoms with Gasteiger partial charge >= 0.3 is 0 Å². The summed E-state index contributed by atoms with van der Waals surface area (Å²) in [6.07, 6.45) is 1.64. The van der Waals surface area contributed by atoms with E-state index in [0.29, 0.717) is 12.1 Å². The molecule has 1 aromatic heterocycles. The molecule has 2 aromatic rings. The molecule has 1 N–H and O–H groups in total. The standard InChI is InChI=1S/C15H17BrN2O2/c1-10-4-5-11(15(19)18(2)3)8-13(10)17-9-14-12(16)6-7-20-14/h4-8,17H,9H2,1-3H3. The van der Waals surface area contributed by atoms with E-state index in [2.05, 4.69) is 21.2 Å². The van der Waals surface area contributed by atoms with Crippen molar-refractivity contribution < 1.29 is 9.21 Å². The van der Waals surface area contributed by atoms with Crippen molar-refractivity contribution in [2.24, 2.45) is 0 Å². The number of halogens is 1. The number of hydrogen-bond donors (Lipinski definition) is 1. The Hall–Kier alpha value is -1.75. The highest BCUT2D eigenvalue weighted by molar-refractivity contribution is 9.10. The van der Waals surface area contributed by atoms with Crippen LogP contribution in [0.5, 0.6) is 0 Å². The average molecular weight is 337 g/mol. The molecule has 106 valence electrons. The highest BCUT2D eigenvalue weighted by atomic mass is 79.9. The van der Waals surface area contributed by atoms with Crippen LogP contribution >= 0.6 is 15.9 Å². The van der Waals surface area contributed by atoms with Crippen LogP contribution in [-0.2, 0) is 6.54 Å². The van der Waals surface area contributed by atoms with E-state index in [4.69, 9.17) is 4.42 Å². The van der Waals surface area contributed by atoms with Crippen LogP contribution < -0.4 is 5.32 Å². The summed E-state index contributed by atoms with van der Waals surface area (Å²) in [6.45, 7) is 2.57. The molecule has 0 aliphatic carbocycles. The van der Waals surface area contributed by atoms with Crippen molar-refractivity contribution in [3.63, 3.8) is 0 Å². The molecule has 0 saturated carbocycles. The Bertz CT molecular complexity index is 620. The van der Waals surface area contributed by atoms with E-state index in [1.165, 1.54) is 0 Å². The summed E-state index contributed by atoms with van der Waals surface area (Å²) in [7, 11) is 3.49. The van der Waals surface area contributed by atoms with E-state index < -0.39 is 0 Å². The van der Waals surface area contributed by atoms with Crippen molar-refractivity contribution in [2.45, 2.75) is 13.5 Å². The van der Waals surface area contributed by atoms with Gasteiger partial charge in [0, 0.05) is 25.3 Å². The van der Waals surface area contributed by atoms with E-state index >= 15 is 0 Å². The van der Waals surface area contributed by atoms with Gasteiger partial charge < -0.3 is 14.6 Å². The van der Waals surface area contributed by atoms with Crippen LogP contribution in [0.1, 0.15) is 21.7 Å². The monoisotopic (exact) mass is 336 g/mol. The Kier molecular flexibility index (Phi) is 4.49. The lowest BCUT2D eigenvalue weighted by Gasteiger charge is -2.13. The number of nitrogens with zero attached hydrogens (tertiary/aromatic N) is 1. The van der Waals surface area contributed by atoms with Crippen LogP contribution in [0.4, 0.5) is 5.69 Å². The lowest BCUT2D eigenvalue weighted by atomic mass is 10.1. The predicted molar refractivity (Wildman–Crippen MR) is 82.9 cm³/mol. The molecular formula is C15H17BrN2O2. The minimum absolute atomic E-state index is 0.00720. The van der Waals surface area contributed by atoms with E-state index in [1.807, 2.05) is 31.2 Å². The first-order chi connectivity index (χ1) is 9.49. The van der Waals surface area contributed by atoms with Crippen molar-refractivity contribution >= 4 is 27.5 Å². The third kappa shape index (κ3) is 3.22. The second kappa shape index (κ2) is 6.13. The minimum Gasteiger partial charge on any atom is -0.466 e. The van der Waals surface area contributed by atoms with Crippen molar-refractivity contribution in [1.82, 2.24) is 4.90 Å². The molecular weight excluding hydrogens is 320 g/mol. The number of hydrogen-bond acceptors (Lipinski definition) is 3. The summed E-state index contributed by atoms with van der Waals surface area (Å²) >= 11 is 3.42. The first kappa shape index (κ1) is 14.7. The van der Waals surface area contributed by atoms with Gasteiger partial charge in [0.05, 0.1) is 17.3 Å². The molecule has 1 amide bonds. The summed E-state index contributed by atoms with van der Waals surface area (Å²) < 4.78 is 6.29. The van der Waals surface area contributed by atoms with Crippen molar-refractivity contribution in [3.8, 4) is 0 Å². The zero-order chi connectivity index (χ0) is 14.7. The van der Waals surface area contributed by atoms with Gasteiger partial charge in [0.1, 0.15) is 5.76 Å². The zero-order valence-corrected chi connectivity index (χ0v) is 13.3. The molecule has 5 heteroatoms. The summed E-state index contributed by atoms with van der Waals surface area (Å²) in [5.41, 5.74) is 2.69. The van der Waals surface area contributed by atoms with Gasteiger partial charge in [0.15, 0.2) is 0 Å². The third-order valence-corrected chi connectivity index (χ3v) is 3.73. The smallest absolute Gasteiger partial charge is 0.253 e. The Balaban J connectivity index is 2.17. The van der Waals surface area contributed by atoms with Crippen LogP contribution in [0.15, 0.2) is 39.4 Å². The number of anilines is 1. The predicted octanol–water partition coefficient (Wildman–Crippen LogP) is 3.66. The Morgan fingerprint density at radius 2 is 2.10 bits per heavy atom.